The van der Waals surface area contributed by atoms with Gasteiger partial charge < -0.3 is 14.6 Å². The lowest BCUT2D eigenvalue weighted by molar-refractivity contribution is 0.183. The molecule has 4 aromatic rings. The fourth-order valence-electron chi connectivity index (χ4n) is 5.18. The number of hydrogen-bond acceptors (Lipinski definition) is 5. The smallest absolute Gasteiger partial charge is 0.119 e. The number of aliphatic hydroxyl groups is 1. The van der Waals surface area contributed by atoms with Gasteiger partial charge in [0.05, 0.1) is 30.8 Å². The van der Waals surface area contributed by atoms with Crippen LogP contribution in [0.5, 0.6) is 11.5 Å². The molecule has 1 aliphatic heterocycles. The number of ether oxygens (including phenoxy) is 2. The maximum Gasteiger partial charge on any atom is 0.119 e. The number of benzene rings is 3. The molecule has 0 radical (unpaired) electrons. The Morgan fingerprint density at radius 1 is 0.816 bits per heavy atom. The van der Waals surface area contributed by atoms with Crippen LogP contribution in [0.3, 0.4) is 0 Å². The van der Waals surface area contributed by atoms with Crippen molar-refractivity contribution in [2.24, 2.45) is 0 Å². The van der Waals surface area contributed by atoms with Crippen molar-refractivity contribution in [3.8, 4) is 39.7 Å². The van der Waals surface area contributed by atoms with Gasteiger partial charge in [-0.3, -0.25) is 4.90 Å². The minimum atomic E-state index is 0.0243. The summed E-state index contributed by atoms with van der Waals surface area (Å²) in [5.74, 6) is 1.69. The van der Waals surface area contributed by atoms with Crippen LogP contribution in [0.1, 0.15) is 37.3 Å². The topological polar surface area (TPSA) is 59.8 Å². The third-order valence-electron chi connectivity index (χ3n) is 7.32. The molecule has 1 fully saturated rings. The zero-order valence-electron chi connectivity index (χ0n) is 22.4. The average Bonchev–Trinajstić information content (AvgIpc) is 3.38. The first kappa shape index (κ1) is 26.0. The molecule has 6 heteroatoms. The molecular weight excluding hydrogens is 474 g/mol. The van der Waals surface area contributed by atoms with Crippen molar-refractivity contribution in [3.05, 3.63) is 83.9 Å². The Kier molecular flexibility index (Phi) is 8.41. The van der Waals surface area contributed by atoms with Crippen molar-refractivity contribution >= 4 is 0 Å². The highest BCUT2D eigenvalue weighted by atomic mass is 16.5. The van der Waals surface area contributed by atoms with Gasteiger partial charge in [-0.25, -0.2) is 4.68 Å². The molecule has 0 spiro atoms. The SMILES string of the molecule is CCc1c(-c2ccc(OC)cc2)nn(-c2ccc(OCCN3CCCCC3)cc2)c1-c1ccc(CO)cc1. The molecule has 1 aliphatic rings. The van der Waals surface area contributed by atoms with Gasteiger partial charge in [-0.15, -0.1) is 0 Å². The van der Waals surface area contributed by atoms with E-state index in [-0.39, 0.29) is 6.61 Å². The molecule has 38 heavy (non-hydrogen) atoms. The van der Waals surface area contributed by atoms with Crippen LogP contribution in [0, 0.1) is 0 Å². The number of likely N-dealkylation sites (tertiary alicyclic amines) is 1. The van der Waals surface area contributed by atoms with E-state index in [4.69, 9.17) is 14.6 Å². The molecule has 198 valence electrons. The molecule has 1 saturated heterocycles. The predicted molar refractivity (Wildman–Crippen MR) is 152 cm³/mol. The number of hydrogen-bond donors (Lipinski definition) is 1. The van der Waals surface area contributed by atoms with Crippen LogP contribution < -0.4 is 9.47 Å². The molecule has 6 nitrogen and oxygen atoms in total. The van der Waals surface area contributed by atoms with Gasteiger partial charge in [-0.1, -0.05) is 37.6 Å². The lowest BCUT2D eigenvalue weighted by atomic mass is 9.99. The van der Waals surface area contributed by atoms with Crippen molar-refractivity contribution in [1.29, 1.82) is 0 Å². The summed E-state index contributed by atoms with van der Waals surface area (Å²) in [6.45, 7) is 6.22. The van der Waals surface area contributed by atoms with Gasteiger partial charge in [0, 0.05) is 23.2 Å². The summed E-state index contributed by atoms with van der Waals surface area (Å²) in [7, 11) is 1.68. The van der Waals surface area contributed by atoms with Gasteiger partial charge in [0.15, 0.2) is 0 Å². The first-order chi connectivity index (χ1) is 18.7. The number of aromatic nitrogens is 2. The van der Waals surface area contributed by atoms with Gasteiger partial charge >= 0.3 is 0 Å². The fraction of sp³-hybridized carbons (Fsp3) is 0.344. The molecule has 0 atom stereocenters. The molecule has 0 bridgehead atoms. The molecule has 5 rings (SSSR count). The number of aliphatic hydroxyl groups excluding tert-OH is 1. The second kappa shape index (κ2) is 12.3. The van der Waals surface area contributed by atoms with E-state index >= 15 is 0 Å². The van der Waals surface area contributed by atoms with E-state index in [1.807, 2.05) is 41.1 Å². The van der Waals surface area contributed by atoms with Crippen LogP contribution in [0.25, 0.3) is 28.2 Å². The Bertz CT molecular complexity index is 1310. The number of rotatable bonds is 10. The second-order valence-electron chi connectivity index (χ2n) is 9.77. The van der Waals surface area contributed by atoms with Gasteiger partial charge in [0.25, 0.3) is 0 Å². The number of nitrogens with zero attached hydrogens (tertiary/aromatic N) is 3. The normalized spacial score (nSPS) is 14.0. The molecular formula is C32H37N3O3. The summed E-state index contributed by atoms with van der Waals surface area (Å²) < 4.78 is 13.5. The fourth-order valence-corrected chi connectivity index (χ4v) is 5.18. The second-order valence-corrected chi connectivity index (χ2v) is 9.77. The maximum atomic E-state index is 9.55. The van der Waals surface area contributed by atoms with E-state index in [0.717, 1.165) is 58.2 Å². The third-order valence-corrected chi connectivity index (χ3v) is 7.32. The summed E-state index contributed by atoms with van der Waals surface area (Å²) in [6.07, 6.45) is 4.76. The Balaban J connectivity index is 1.46. The van der Waals surface area contributed by atoms with Crippen LogP contribution in [0.2, 0.25) is 0 Å². The summed E-state index contributed by atoms with van der Waals surface area (Å²) in [5, 5.41) is 14.7. The van der Waals surface area contributed by atoms with Crippen molar-refractivity contribution in [1.82, 2.24) is 14.7 Å². The highest BCUT2D eigenvalue weighted by molar-refractivity contribution is 5.76. The summed E-state index contributed by atoms with van der Waals surface area (Å²) in [6, 6.07) is 24.3. The van der Waals surface area contributed by atoms with Crippen molar-refractivity contribution in [2.45, 2.75) is 39.2 Å². The predicted octanol–water partition coefficient (Wildman–Crippen LogP) is 6.13. The molecule has 1 N–H and O–H groups in total. The van der Waals surface area contributed by atoms with Gasteiger partial charge in [0.2, 0.25) is 0 Å². The number of piperidine rings is 1. The average molecular weight is 512 g/mol. The van der Waals surface area contributed by atoms with E-state index in [2.05, 4.69) is 48.2 Å². The lowest BCUT2D eigenvalue weighted by Crippen LogP contribution is -2.33. The Morgan fingerprint density at radius 3 is 2.11 bits per heavy atom. The molecule has 0 aliphatic carbocycles. The van der Waals surface area contributed by atoms with E-state index < -0.39 is 0 Å². The standard InChI is InChI=1S/C32H37N3O3/c1-3-30-31(25-11-15-28(37-2)16-12-25)33-35(32(30)26-9-7-24(23-36)8-10-26)27-13-17-29(18-14-27)38-22-21-34-19-5-4-6-20-34/h7-18,36H,3-6,19-23H2,1-2H3. The van der Waals surface area contributed by atoms with Crippen LogP contribution in [-0.2, 0) is 13.0 Å². The first-order valence-corrected chi connectivity index (χ1v) is 13.6. The number of methoxy groups -OCH3 is 1. The molecule has 0 saturated carbocycles. The first-order valence-electron chi connectivity index (χ1n) is 13.6. The Labute approximate surface area is 225 Å². The van der Waals surface area contributed by atoms with Gasteiger partial charge in [0.1, 0.15) is 18.1 Å². The molecule has 0 unspecified atom stereocenters. The van der Waals surface area contributed by atoms with Crippen molar-refractivity contribution in [2.75, 3.05) is 33.4 Å². The summed E-state index contributed by atoms with van der Waals surface area (Å²) in [5.41, 5.74) is 7.16. The van der Waals surface area contributed by atoms with Gasteiger partial charge in [-0.2, -0.15) is 5.10 Å². The maximum absolute atomic E-state index is 9.55. The minimum absolute atomic E-state index is 0.0243. The van der Waals surface area contributed by atoms with Crippen LogP contribution in [-0.4, -0.2) is 53.1 Å². The molecule has 0 amide bonds. The van der Waals surface area contributed by atoms with Crippen LogP contribution >= 0.6 is 0 Å². The third kappa shape index (κ3) is 5.77. The Hall–Kier alpha value is -3.61. The van der Waals surface area contributed by atoms with Crippen molar-refractivity contribution in [3.63, 3.8) is 0 Å². The summed E-state index contributed by atoms with van der Waals surface area (Å²) >= 11 is 0. The zero-order chi connectivity index (χ0) is 26.3. The highest BCUT2D eigenvalue weighted by Crippen LogP contribution is 2.35. The minimum Gasteiger partial charge on any atom is -0.497 e. The monoisotopic (exact) mass is 511 g/mol. The van der Waals surface area contributed by atoms with E-state index in [0.29, 0.717) is 6.61 Å². The van der Waals surface area contributed by atoms with E-state index in [1.54, 1.807) is 7.11 Å². The molecule has 3 aromatic carbocycles. The largest absolute Gasteiger partial charge is 0.497 e. The Morgan fingerprint density at radius 2 is 1.47 bits per heavy atom. The summed E-state index contributed by atoms with van der Waals surface area (Å²) in [4.78, 5) is 2.49. The van der Waals surface area contributed by atoms with E-state index in [9.17, 15) is 5.11 Å². The zero-order valence-corrected chi connectivity index (χ0v) is 22.4. The quantitative estimate of drug-likeness (QED) is 0.277. The molecule has 2 heterocycles. The van der Waals surface area contributed by atoms with Crippen LogP contribution in [0.15, 0.2) is 72.8 Å². The lowest BCUT2D eigenvalue weighted by Gasteiger charge is -2.26. The van der Waals surface area contributed by atoms with Gasteiger partial charge in [-0.05, 0) is 86.4 Å². The van der Waals surface area contributed by atoms with E-state index in [1.165, 1.54) is 37.9 Å². The van der Waals surface area contributed by atoms with Crippen LogP contribution in [0.4, 0.5) is 0 Å². The van der Waals surface area contributed by atoms with Crippen molar-refractivity contribution < 1.29 is 14.6 Å². The highest BCUT2D eigenvalue weighted by Gasteiger charge is 2.21. The molecule has 1 aromatic heterocycles.